The van der Waals surface area contributed by atoms with Gasteiger partial charge in [-0.3, -0.25) is 9.59 Å². The van der Waals surface area contributed by atoms with Crippen molar-refractivity contribution in [3.8, 4) is 6.07 Å². The van der Waals surface area contributed by atoms with Crippen molar-refractivity contribution < 1.29 is 22.8 Å². The van der Waals surface area contributed by atoms with Gasteiger partial charge in [-0.25, -0.2) is 0 Å². The van der Waals surface area contributed by atoms with Crippen LogP contribution in [0.15, 0.2) is 24.3 Å². The predicted octanol–water partition coefficient (Wildman–Crippen LogP) is 2.29. The van der Waals surface area contributed by atoms with Crippen LogP contribution in [0.3, 0.4) is 0 Å². The molecule has 0 bridgehead atoms. The third kappa shape index (κ3) is 4.25. The zero-order chi connectivity index (χ0) is 17.7. The largest absolute Gasteiger partial charge is 0.416 e. The van der Waals surface area contributed by atoms with Crippen molar-refractivity contribution in [3.63, 3.8) is 0 Å². The minimum atomic E-state index is -4.44. The van der Waals surface area contributed by atoms with Crippen molar-refractivity contribution in [2.45, 2.75) is 19.0 Å². The van der Waals surface area contributed by atoms with E-state index in [1.165, 1.54) is 9.80 Å². The van der Waals surface area contributed by atoms with Crippen LogP contribution >= 0.6 is 0 Å². The molecule has 8 heteroatoms. The maximum Gasteiger partial charge on any atom is 0.416 e. The maximum absolute atomic E-state index is 12.6. The standard InChI is InChI=1S/C16H16F3N3O2/c17-16(18,19)13-4-2-12(3-5-13)15(24)22-9-1-8-21(10-11-22)14(23)6-7-20/h2-5H,1,6,8-11H2. The van der Waals surface area contributed by atoms with Crippen LogP contribution in [0.25, 0.3) is 0 Å². The van der Waals surface area contributed by atoms with Gasteiger partial charge in [0.1, 0.15) is 6.42 Å². The maximum atomic E-state index is 12.6. The van der Waals surface area contributed by atoms with Crippen LogP contribution < -0.4 is 0 Å². The number of nitrogens with zero attached hydrogens (tertiary/aromatic N) is 3. The second kappa shape index (κ2) is 7.34. The topological polar surface area (TPSA) is 64.4 Å². The number of carbonyl (C=O) groups excluding carboxylic acids is 2. The van der Waals surface area contributed by atoms with E-state index in [1.807, 2.05) is 0 Å². The summed E-state index contributed by atoms with van der Waals surface area (Å²) in [5.41, 5.74) is -0.622. The molecule has 0 spiro atoms. The van der Waals surface area contributed by atoms with Gasteiger partial charge in [-0.1, -0.05) is 0 Å². The molecule has 5 nitrogen and oxygen atoms in total. The Balaban J connectivity index is 2.03. The lowest BCUT2D eigenvalue weighted by atomic mass is 10.1. The lowest BCUT2D eigenvalue weighted by Gasteiger charge is -2.22. The van der Waals surface area contributed by atoms with Gasteiger partial charge < -0.3 is 9.80 Å². The highest BCUT2D eigenvalue weighted by atomic mass is 19.4. The molecular formula is C16H16F3N3O2. The Bertz CT molecular complexity index is 650. The molecule has 1 fully saturated rings. The van der Waals surface area contributed by atoms with Crippen LogP contribution in [0.1, 0.15) is 28.8 Å². The van der Waals surface area contributed by atoms with Gasteiger partial charge in [-0.05, 0) is 30.7 Å². The summed E-state index contributed by atoms with van der Waals surface area (Å²) in [5, 5.41) is 8.56. The fraction of sp³-hybridized carbons (Fsp3) is 0.438. The molecule has 128 valence electrons. The summed E-state index contributed by atoms with van der Waals surface area (Å²) in [4.78, 5) is 27.2. The third-order valence-corrected chi connectivity index (χ3v) is 3.83. The van der Waals surface area contributed by atoms with Crippen LogP contribution in [0.5, 0.6) is 0 Å². The highest BCUT2D eigenvalue weighted by Gasteiger charge is 2.30. The average molecular weight is 339 g/mol. The predicted molar refractivity (Wildman–Crippen MR) is 78.8 cm³/mol. The summed E-state index contributed by atoms with van der Waals surface area (Å²) in [5.74, 6) is -0.639. The highest BCUT2D eigenvalue weighted by Crippen LogP contribution is 2.29. The van der Waals surface area contributed by atoms with E-state index < -0.39 is 11.7 Å². The van der Waals surface area contributed by atoms with E-state index in [0.29, 0.717) is 26.1 Å². The molecule has 0 unspecified atom stereocenters. The van der Waals surface area contributed by atoms with Crippen LogP contribution in [0.4, 0.5) is 13.2 Å². The van der Waals surface area contributed by atoms with Gasteiger partial charge in [0.2, 0.25) is 5.91 Å². The van der Waals surface area contributed by atoms with Crippen molar-refractivity contribution in [1.29, 1.82) is 5.26 Å². The first-order chi connectivity index (χ1) is 11.3. The molecule has 0 aromatic heterocycles. The number of rotatable bonds is 2. The molecule has 1 heterocycles. The number of alkyl halides is 3. The first kappa shape index (κ1) is 17.8. The third-order valence-electron chi connectivity index (χ3n) is 3.83. The Hall–Kier alpha value is -2.56. The van der Waals surface area contributed by atoms with Gasteiger partial charge in [-0.15, -0.1) is 0 Å². The second-order valence-corrected chi connectivity index (χ2v) is 5.44. The van der Waals surface area contributed by atoms with Gasteiger partial charge in [0.25, 0.3) is 5.91 Å². The van der Waals surface area contributed by atoms with Crippen LogP contribution in [0.2, 0.25) is 0 Å². The van der Waals surface area contributed by atoms with Gasteiger partial charge in [0.05, 0.1) is 11.6 Å². The van der Waals surface area contributed by atoms with Crippen molar-refractivity contribution in [2.75, 3.05) is 26.2 Å². The zero-order valence-corrected chi connectivity index (χ0v) is 12.8. The summed E-state index contributed by atoms with van der Waals surface area (Å²) in [6.07, 6.45) is -4.08. The molecule has 0 N–H and O–H groups in total. The number of carbonyl (C=O) groups is 2. The molecule has 1 saturated heterocycles. The monoisotopic (exact) mass is 339 g/mol. The number of nitriles is 1. The molecule has 1 aliphatic rings. The number of amides is 2. The summed E-state index contributed by atoms with van der Waals surface area (Å²) < 4.78 is 37.7. The fourth-order valence-corrected chi connectivity index (χ4v) is 2.53. The molecule has 1 aromatic rings. The van der Waals surface area contributed by atoms with E-state index in [4.69, 9.17) is 5.26 Å². The van der Waals surface area contributed by atoms with E-state index >= 15 is 0 Å². The number of halogens is 3. The van der Waals surface area contributed by atoms with Crippen molar-refractivity contribution in [2.24, 2.45) is 0 Å². The Morgan fingerprint density at radius 2 is 1.62 bits per heavy atom. The molecule has 0 radical (unpaired) electrons. The van der Waals surface area contributed by atoms with E-state index in [9.17, 15) is 22.8 Å². The summed E-state index contributed by atoms with van der Waals surface area (Å²) >= 11 is 0. The molecule has 24 heavy (non-hydrogen) atoms. The van der Waals surface area contributed by atoms with Crippen LogP contribution in [0, 0.1) is 11.3 Å². The Morgan fingerprint density at radius 3 is 2.21 bits per heavy atom. The molecular weight excluding hydrogens is 323 g/mol. The summed E-state index contributed by atoms with van der Waals surface area (Å²) in [6.45, 7) is 1.47. The first-order valence-corrected chi connectivity index (χ1v) is 7.44. The van der Waals surface area contributed by atoms with Gasteiger partial charge >= 0.3 is 6.18 Å². The van der Waals surface area contributed by atoms with Crippen molar-refractivity contribution in [3.05, 3.63) is 35.4 Å². The zero-order valence-electron chi connectivity index (χ0n) is 12.8. The quantitative estimate of drug-likeness (QED) is 0.830. The molecule has 0 atom stereocenters. The fourth-order valence-electron chi connectivity index (χ4n) is 2.53. The lowest BCUT2D eigenvalue weighted by molar-refractivity contribution is -0.137. The number of hydrogen-bond donors (Lipinski definition) is 0. The second-order valence-electron chi connectivity index (χ2n) is 5.44. The Morgan fingerprint density at radius 1 is 1.04 bits per heavy atom. The van der Waals surface area contributed by atoms with Crippen molar-refractivity contribution >= 4 is 11.8 Å². The average Bonchev–Trinajstić information content (AvgIpc) is 2.80. The number of benzene rings is 1. The van der Waals surface area contributed by atoms with E-state index in [-0.39, 0.29) is 30.3 Å². The van der Waals surface area contributed by atoms with E-state index in [0.717, 1.165) is 24.3 Å². The van der Waals surface area contributed by atoms with Crippen LogP contribution in [-0.2, 0) is 11.0 Å². The first-order valence-electron chi connectivity index (χ1n) is 7.44. The SMILES string of the molecule is N#CCC(=O)N1CCCN(C(=O)c2ccc(C(F)(F)F)cc2)CC1. The molecule has 1 aliphatic heterocycles. The van der Waals surface area contributed by atoms with Gasteiger partial charge in [0, 0.05) is 31.7 Å². The smallest absolute Gasteiger partial charge is 0.340 e. The van der Waals surface area contributed by atoms with Crippen molar-refractivity contribution in [1.82, 2.24) is 9.80 Å². The Kier molecular flexibility index (Phi) is 5.44. The van der Waals surface area contributed by atoms with E-state index in [1.54, 1.807) is 6.07 Å². The lowest BCUT2D eigenvalue weighted by Crippen LogP contribution is -2.37. The normalized spacial score (nSPS) is 15.6. The minimum Gasteiger partial charge on any atom is -0.340 e. The van der Waals surface area contributed by atoms with Gasteiger partial charge in [-0.2, -0.15) is 18.4 Å². The number of hydrogen-bond acceptors (Lipinski definition) is 3. The van der Waals surface area contributed by atoms with E-state index in [2.05, 4.69) is 0 Å². The molecule has 0 saturated carbocycles. The summed E-state index contributed by atoms with van der Waals surface area (Å²) in [7, 11) is 0. The highest BCUT2D eigenvalue weighted by molar-refractivity contribution is 5.94. The molecule has 2 amide bonds. The van der Waals surface area contributed by atoms with Gasteiger partial charge in [0.15, 0.2) is 0 Å². The summed E-state index contributed by atoms with van der Waals surface area (Å²) in [6, 6.07) is 5.89. The van der Waals surface area contributed by atoms with Crippen LogP contribution in [-0.4, -0.2) is 47.8 Å². The molecule has 1 aromatic carbocycles. The Labute approximate surface area is 137 Å². The minimum absolute atomic E-state index is 0.180. The molecule has 0 aliphatic carbocycles. The molecule has 2 rings (SSSR count).